The molecule has 0 bridgehead atoms. The summed E-state index contributed by atoms with van der Waals surface area (Å²) in [6.07, 6.45) is 0. The smallest absolute Gasteiger partial charge is 0.278 e. The van der Waals surface area contributed by atoms with Gasteiger partial charge in [0.05, 0.1) is 23.7 Å². The largest absolute Gasteiger partial charge is 0.383 e. The summed E-state index contributed by atoms with van der Waals surface area (Å²) in [6, 6.07) is 10.1. The van der Waals surface area contributed by atoms with Gasteiger partial charge in [0.1, 0.15) is 5.70 Å². The molecule has 1 aliphatic heterocycles. The van der Waals surface area contributed by atoms with Gasteiger partial charge in [-0.3, -0.25) is 14.5 Å². The van der Waals surface area contributed by atoms with Crippen molar-refractivity contribution in [3.8, 4) is 0 Å². The van der Waals surface area contributed by atoms with E-state index >= 15 is 0 Å². The van der Waals surface area contributed by atoms with Crippen LogP contribution in [0.1, 0.15) is 11.1 Å². The number of carbonyl (C=O) groups is 2. The van der Waals surface area contributed by atoms with Crippen LogP contribution >= 0.6 is 34.8 Å². The summed E-state index contributed by atoms with van der Waals surface area (Å²) >= 11 is 18.5. The minimum Gasteiger partial charge on any atom is -0.383 e. The summed E-state index contributed by atoms with van der Waals surface area (Å²) in [6.45, 7) is 2.23. The minimum absolute atomic E-state index is 0.128. The summed E-state index contributed by atoms with van der Waals surface area (Å²) in [5.41, 5.74) is 2.22. The first kappa shape index (κ1) is 20.7. The molecule has 28 heavy (non-hydrogen) atoms. The molecule has 0 fully saturated rings. The highest BCUT2D eigenvalue weighted by atomic mass is 35.5. The number of halogens is 3. The zero-order chi connectivity index (χ0) is 20.4. The average Bonchev–Trinajstić information content (AvgIpc) is 2.87. The lowest BCUT2D eigenvalue weighted by Crippen LogP contribution is -2.35. The number of nitrogens with one attached hydrogen (secondary N) is 1. The van der Waals surface area contributed by atoms with E-state index in [1.165, 1.54) is 13.2 Å². The van der Waals surface area contributed by atoms with Gasteiger partial charge in [-0.2, -0.15) is 0 Å². The van der Waals surface area contributed by atoms with Gasteiger partial charge in [-0.25, -0.2) is 0 Å². The van der Waals surface area contributed by atoms with Crippen LogP contribution in [-0.4, -0.2) is 37.0 Å². The Balaban J connectivity index is 2.09. The Morgan fingerprint density at radius 3 is 2.39 bits per heavy atom. The number of carbonyl (C=O) groups excluding carboxylic acids is 2. The van der Waals surface area contributed by atoms with E-state index in [2.05, 4.69) is 5.32 Å². The first-order valence-corrected chi connectivity index (χ1v) is 9.55. The molecule has 3 rings (SSSR count). The van der Waals surface area contributed by atoms with Crippen molar-refractivity contribution in [1.82, 2.24) is 4.90 Å². The van der Waals surface area contributed by atoms with E-state index < -0.39 is 11.8 Å². The van der Waals surface area contributed by atoms with Crippen molar-refractivity contribution in [2.75, 3.05) is 25.6 Å². The molecule has 0 radical (unpaired) electrons. The number of benzene rings is 2. The Labute approximate surface area is 177 Å². The van der Waals surface area contributed by atoms with Crippen LogP contribution in [0.15, 0.2) is 42.1 Å². The number of aryl methyl sites for hydroxylation is 1. The molecular formula is C20H17Cl3N2O3. The molecule has 0 aliphatic carbocycles. The van der Waals surface area contributed by atoms with Crippen LogP contribution in [0.25, 0.3) is 5.57 Å². The molecule has 1 aliphatic rings. The Kier molecular flexibility index (Phi) is 6.30. The summed E-state index contributed by atoms with van der Waals surface area (Å²) in [5, 5.41) is 4.29. The van der Waals surface area contributed by atoms with Crippen molar-refractivity contribution in [2.24, 2.45) is 0 Å². The number of nitrogens with zero attached hydrogens (tertiary/aromatic N) is 1. The van der Waals surface area contributed by atoms with Crippen molar-refractivity contribution in [2.45, 2.75) is 6.92 Å². The zero-order valence-electron chi connectivity index (χ0n) is 15.2. The quantitative estimate of drug-likeness (QED) is 0.657. The van der Waals surface area contributed by atoms with Crippen molar-refractivity contribution in [1.29, 1.82) is 0 Å². The predicted octanol–water partition coefficient (Wildman–Crippen LogP) is 4.79. The molecule has 0 unspecified atom stereocenters. The number of amides is 2. The molecule has 2 amide bonds. The Morgan fingerprint density at radius 2 is 1.75 bits per heavy atom. The molecule has 146 valence electrons. The van der Waals surface area contributed by atoms with Gasteiger partial charge in [-0.1, -0.05) is 46.9 Å². The fourth-order valence-corrected chi connectivity index (χ4v) is 3.52. The Morgan fingerprint density at radius 1 is 1.00 bits per heavy atom. The molecule has 0 saturated heterocycles. The van der Waals surface area contributed by atoms with Gasteiger partial charge in [0.15, 0.2) is 0 Å². The zero-order valence-corrected chi connectivity index (χ0v) is 17.5. The number of methoxy groups -OCH3 is 1. The van der Waals surface area contributed by atoms with Crippen molar-refractivity contribution >= 4 is 57.9 Å². The van der Waals surface area contributed by atoms with Crippen LogP contribution in [0.5, 0.6) is 0 Å². The van der Waals surface area contributed by atoms with Crippen LogP contribution in [0.2, 0.25) is 15.1 Å². The third-order valence-electron chi connectivity index (χ3n) is 4.33. The molecule has 0 atom stereocenters. The van der Waals surface area contributed by atoms with Gasteiger partial charge >= 0.3 is 0 Å². The number of rotatable bonds is 6. The molecule has 1 N–H and O–H groups in total. The fourth-order valence-electron chi connectivity index (χ4n) is 2.83. The average molecular weight is 440 g/mol. The molecule has 0 saturated carbocycles. The molecular weight excluding hydrogens is 423 g/mol. The highest BCUT2D eigenvalue weighted by molar-refractivity contribution is 6.41. The van der Waals surface area contributed by atoms with Crippen LogP contribution < -0.4 is 5.32 Å². The molecule has 8 heteroatoms. The predicted molar refractivity (Wildman–Crippen MR) is 112 cm³/mol. The van der Waals surface area contributed by atoms with Crippen LogP contribution in [-0.2, 0) is 14.3 Å². The fraction of sp³-hybridized carbons (Fsp3) is 0.200. The van der Waals surface area contributed by atoms with E-state index in [4.69, 9.17) is 39.5 Å². The van der Waals surface area contributed by atoms with Gasteiger partial charge in [0, 0.05) is 28.4 Å². The number of ether oxygens (including phenoxy) is 1. The Bertz CT molecular complexity index is 989. The summed E-state index contributed by atoms with van der Waals surface area (Å²) in [4.78, 5) is 27.1. The lowest BCUT2D eigenvalue weighted by atomic mass is 10.0. The second-order valence-electron chi connectivity index (χ2n) is 6.22. The Hall–Kier alpha value is -2.05. The van der Waals surface area contributed by atoms with E-state index in [-0.39, 0.29) is 29.4 Å². The van der Waals surface area contributed by atoms with Crippen molar-refractivity contribution in [3.63, 3.8) is 0 Å². The normalized spacial score (nSPS) is 14.2. The molecule has 2 aromatic rings. The summed E-state index contributed by atoms with van der Waals surface area (Å²) < 4.78 is 5.02. The van der Waals surface area contributed by atoms with Gasteiger partial charge < -0.3 is 10.1 Å². The van der Waals surface area contributed by atoms with Crippen LogP contribution in [0.3, 0.4) is 0 Å². The standard InChI is InChI=1S/C20H17Cl3N2O3/c1-11-3-5-13(10-15(11)22)24-18-17(14-6-4-12(21)9-16(14)23)19(26)25(20(18)27)7-8-28-2/h3-6,9-10,24H,7-8H2,1-2H3. The third kappa shape index (κ3) is 4.03. The summed E-state index contributed by atoms with van der Waals surface area (Å²) in [7, 11) is 1.50. The topological polar surface area (TPSA) is 58.6 Å². The highest BCUT2D eigenvalue weighted by Crippen LogP contribution is 2.35. The lowest BCUT2D eigenvalue weighted by Gasteiger charge is -2.14. The van der Waals surface area contributed by atoms with Gasteiger partial charge in [0.25, 0.3) is 11.8 Å². The van der Waals surface area contributed by atoms with Crippen LogP contribution in [0.4, 0.5) is 5.69 Å². The second kappa shape index (κ2) is 8.53. The number of anilines is 1. The maximum atomic E-state index is 13.0. The monoisotopic (exact) mass is 438 g/mol. The molecule has 0 spiro atoms. The maximum absolute atomic E-state index is 13.0. The molecule has 1 heterocycles. The van der Waals surface area contributed by atoms with Gasteiger partial charge in [-0.15, -0.1) is 0 Å². The lowest BCUT2D eigenvalue weighted by molar-refractivity contribution is -0.137. The van der Waals surface area contributed by atoms with E-state index in [9.17, 15) is 9.59 Å². The van der Waals surface area contributed by atoms with Crippen LogP contribution in [0, 0.1) is 6.92 Å². The molecule has 5 nitrogen and oxygen atoms in total. The number of hydrogen-bond acceptors (Lipinski definition) is 4. The van der Waals surface area contributed by atoms with Crippen molar-refractivity contribution in [3.05, 3.63) is 68.3 Å². The molecule has 0 aromatic heterocycles. The number of hydrogen-bond donors (Lipinski definition) is 1. The third-order valence-corrected chi connectivity index (χ3v) is 5.28. The first-order valence-electron chi connectivity index (χ1n) is 8.41. The number of imide groups is 1. The van der Waals surface area contributed by atoms with E-state index in [1.807, 2.05) is 13.0 Å². The van der Waals surface area contributed by atoms with E-state index in [1.54, 1.807) is 24.3 Å². The van der Waals surface area contributed by atoms with Gasteiger partial charge in [0.2, 0.25) is 0 Å². The van der Waals surface area contributed by atoms with E-state index in [0.717, 1.165) is 10.5 Å². The van der Waals surface area contributed by atoms with E-state index in [0.29, 0.717) is 21.3 Å². The second-order valence-corrected chi connectivity index (χ2v) is 7.47. The summed E-state index contributed by atoms with van der Waals surface area (Å²) in [5.74, 6) is -0.910. The van der Waals surface area contributed by atoms with Gasteiger partial charge in [-0.05, 0) is 36.8 Å². The molecule has 2 aromatic carbocycles. The first-order chi connectivity index (χ1) is 13.3. The minimum atomic E-state index is -0.459. The van der Waals surface area contributed by atoms with Crippen molar-refractivity contribution < 1.29 is 14.3 Å². The SMILES string of the molecule is COCCN1C(=O)C(Nc2ccc(C)c(Cl)c2)=C(c2ccc(Cl)cc2Cl)C1=O. The maximum Gasteiger partial charge on any atom is 0.278 e. The highest BCUT2D eigenvalue weighted by Gasteiger charge is 2.39.